The first kappa shape index (κ1) is 13.4. The standard InChI is InChI=1S/C12H12BrClN2O2/c13-8-4-3-7(6-9(8)14)12(18)16-5-1-2-10(16)11(15)17/h3-4,6,10H,1-2,5H2,(H2,15,17). The number of carbonyl (C=O) groups excluding carboxylic acids is 2. The maximum atomic E-state index is 12.3. The van der Waals surface area contributed by atoms with Crippen LogP contribution in [0.1, 0.15) is 23.2 Å². The Kier molecular flexibility index (Phi) is 3.92. The number of hydrogen-bond donors (Lipinski definition) is 1. The molecule has 2 N–H and O–H groups in total. The zero-order chi connectivity index (χ0) is 13.3. The van der Waals surface area contributed by atoms with E-state index in [1.165, 1.54) is 4.90 Å². The number of amides is 2. The molecule has 96 valence electrons. The van der Waals surface area contributed by atoms with Gasteiger partial charge in [0.2, 0.25) is 5.91 Å². The largest absolute Gasteiger partial charge is 0.368 e. The zero-order valence-electron chi connectivity index (χ0n) is 9.53. The molecule has 1 saturated heterocycles. The Hall–Kier alpha value is -1.07. The summed E-state index contributed by atoms with van der Waals surface area (Å²) in [6.07, 6.45) is 1.43. The molecule has 2 amide bonds. The molecule has 1 atom stereocenters. The molecular formula is C12H12BrClN2O2. The summed E-state index contributed by atoms with van der Waals surface area (Å²) in [5, 5.41) is 0.468. The number of benzene rings is 1. The molecule has 0 aromatic heterocycles. The van der Waals surface area contributed by atoms with E-state index in [2.05, 4.69) is 15.9 Å². The molecule has 1 aliphatic rings. The smallest absolute Gasteiger partial charge is 0.254 e. The van der Waals surface area contributed by atoms with Crippen LogP contribution in [0.3, 0.4) is 0 Å². The van der Waals surface area contributed by atoms with Crippen molar-refractivity contribution in [3.8, 4) is 0 Å². The minimum Gasteiger partial charge on any atom is -0.368 e. The van der Waals surface area contributed by atoms with Crippen LogP contribution in [-0.4, -0.2) is 29.3 Å². The zero-order valence-corrected chi connectivity index (χ0v) is 11.9. The number of nitrogens with zero attached hydrogens (tertiary/aromatic N) is 1. The first-order valence-electron chi connectivity index (χ1n) is 5.56. The van der Waals surface area contributed by atoms with Crippen molar-refractivity contribution in [2.45, 2.75) is 18.9 Å². The van der Waals surface area contributed by atoms with Gasteiger partial charge in [0, 0.05) is 16.6 Å². The van der Waals surface area contributed by atoms with Crippen molar-refractivity contribution < 1.29 is 9.59 Å². The lowest BCUT2D eigenvalue weighted by molar-refractivity contribution is -0.121. The molecular weight excluding hydrogens is 320 g/mol. The van der Waals surface area contributed by atoms with Crippen molar-refractivity contribution in [1.82, 2.24) is 4.90 Å². The highest BCUT2D eigenvalue weighted by Crippen LogP contribution is 2.26. The fraction of sp³-hybridized carbons (Fsp3) is 0.333. The van der Waals surface area contributed by atoms with Gasteiger partial charge in [-0.1, -0.05) is 11.6 Å². The highest BCUT2D eigenvalue weighted by atomic mass is 79.9. The van der Waals surface area contributed by atoms with Crippen LogP contribution < -0.4 is 5.73 Å². The first-order chi connectivity index (χ1) is 8.50. The second-order valence-electron chi connectivity index (χ2n) is 4.19. The van der Waals surface area contributed by atoms with E-state index >= 15 is 0 Å². The van der Waals surface area contributed by atoms with Crippen molar-refractivity contribution in [3.63, 3.8) is 0 Å². The molecule has 1 aromatic carbocycles. The maximum absolute atomic E-state index is 12.3. The SMILES string of the molecule is NC(=O)C1CCCN1C(=O)c1ccc(Br)c(Cl)c1. The average molecular weight is 332 g/mol. The lowest BCUT2D eigenvalue weighted by Crippen LogP contribution is -2.43. The van der Waals surface area contributed by atoms with Crippen LogP contribution in [0.5, 0.6) is 0 Å². The number of halogens is 2. The van der Waals surface area contributed by atoms with Crippen LogP contribution >= 0.6 is 27.5 Å². The Bertz CT molecular complexity index is 507. The van der Waals surface area contributed by atoms with Gasteiger partial charge in [-0.2, -0.15) is 0 Å². The lowest BCUT2D eigenvalue weighted by Gasteiger charge is -2.22. The van der Waals surface area contributed by atoms with Gasteiger partial charge in [-0.15, -0.1) is 0 Å². The van der Waals surface area contributed by atoms with E-state index in [4.69, 9.17) is 17.3 Å². The van der Waals surface area contributed by atoms with Gasteiger partial charge in [0.15, 0.2) is 0 Å². The second kappa shape index (κ2) is 5.28. The van der Waals surface area contributed by atoms with Crippen LogP contribution in [0.15, 0.2) is 22.7 Å². The second-order valence-corrected chi connectivity index (χ2v) is 5.45. The number of likely N-dealkylation sites (tertiary alicyclic amines) is 1. The van der Waals surface area contributed by atoms with Crippen molar-refractivity contribution in [2.24, 2.45) is 5.73 Å². The molecule has 6 heteroatoms. The monoisotopic (exact) mass is 330 g/mol. The van der Waals surface area contributed by atoms with Gasteiger partial charge in [0.1, 0.15) is 6.04 Å². The molecule has 1 unspecified atom stereocenters. The van der Waals surface area contributed by atoms with Crippen LogP contribution in [0.25, 0.3) is 0 Å². The molecule has 4 nitrogen and oxygen atoms in total. The Morgan fingerprint density at radius 1 is 1.44 bits per heavy atom. The number of hydrogen-bond acceptors (Lipinski definition) is 2. The average Bonchev–Trinajstić information content (AvgIpc) is 2.81. The first-order valence-corrected chi connectivity index (χ1v) is 6.73. The summed E-state index contributed by atoms with van der Waals surface area (Å²) in [7, 11) is 0. The predicted molar refractivity (Wildman–Crippen MR) is 72.4 cm³/mol. The summed E-state index contributed by atoms with van der Waals surface area (Å²) < 4.78 is 0.730. The molecule has 0 bridgehead atoms. The number of carbonyl (C=O) groups is 2. The van der Waals surface area contributed by atoms with Crippen molar-refractivity contribution in [3.05, 3.63) is 33.3 Å². The van der Waals surface area contributed by atoms with Gasteiger partial charge in [-0.25, -0.2) is 0 Å². The van der Waals surface area contributed by atoms with E-state index in [0.29, 0.717) is 23.6 Å². The highest BCUT2D eigenvalue weighted by molar-refractivity contribution is 9.10. The Morgan fingerprint density at radius 3 is 2.78 bits per heavy atom. The van der Waals surface area contributed by atoms with E-state index in [0.717, 1.165) is 10.9 Å². The quantitative estimate of drug-likeness (QED) is 0.903. The highest BCUT2D eigenvalue weighted by Gasteiger charge is 2.33. The molecule has 2 rings (SSSR count). The topological polar surface area (TPSA) is 63.4 Å². The van der Waals surface area contributed by atoms with Crippen molar-refractivity contribution in [1.29, 1.82) is 0 Å². The molecule has 1 heterocycles. The van der Waals surface area contributed by atoms with E-state index in [-0.39, 0.29) is 5.91 Å². The molecule has 1 aromatic rings. The van der Waals surface area contributed by atoms with Gasteiger partial charge in [0.05, 0.1) is 5.02 Å². The Labute approximate surface area is 118 Å². The number of rotatable bonds is 2. The summed E-state index contributed by atoms with van der Waals surface area (Å²) in [5.74, 6) is -0.658. The summed E-state index contributed by atoms with van der Waals surface area (Å²) in [4.78, 5) is 25.0. The van der Waals surface area contributed by atoms with Gasteiger partial charge in [-0.05, 0) is 47.0 Å². The normalized spacial score (nSPS) is 19.0. The lowest BCUT2D eigenvalue weighted by atomic mass is 10.1. The van der Waals surface area contributed by atoms with Crippen molar-refractivity contribution in [2.75, 3.05) is 6.54 Å². The summed E-state index contributed by atoms with van der Waals surface area (Å²) >= 11 is 9.22. The third-order valence-corrected chi connectivity index (χ3v) is 4.24. The Balaban J connectivity index is 2.25. The van der Waals surface area contributed by atoms with E-state index in [1.54, 1.807) is 18.2 Å². The van der Waals surface area contributed by atoms with E-state index in [1.807, 2.05) is 0 Å². The molecule has 0 spiro atoms. The minimum absolute atomic E-state index is 0.203. The van der Waals surface area contributed by atoms with Gasteiger partial charge >= 0.3 is 0 Å². The van der Waals surface area contributed by atoms with E-state index < -0.39 is 11.9 Å². The fourth-order valence-electron chi connectivity index (χ4n) is 2.10. The van der Waals surface area contributed by atoms with Crippen LogP contribution in [0.2, 0.25) is 5.02 Å². The third-order valence-electron chi connectivity index (χ3n) is 3.01. The summed E-state index contributed by atoms with van der Waals surface area (Å²) in [6, 6.07) is 4.48. The van der Waals surface area contributed by atoms with Gasteiger partial charge in [-0.3, -0.25) is 9.59 Å². The summed E-state index contributed by atoms with van der Waals surface area (Å²) in [6.45, 7) is 0.556. The van der Waals surface area contributed by atoms with E-state index in [9.17, 15) is 9.59 Å². The van der Waals surface area contributed by atoms with Gasteiger partial charge in [0.25, 0.3) is 5.91 Å². The molecule has 1 fully saturated rings. The number of nitrogens with two attached hydrogens (primary N) is 1. The molecule has 0 radical (unpaired) electrons. The predicted octanol–water partition coefficient (Wildman–Crippen LogP) is 2.19. The fourth-order valence-corrected chi connectivity index (χ4v) is 2.53. The Morgan fingerprint density at radius 2 is 2.17 bits per heavy atom. The minimum atomic E-state index is -0.500. The third kappa shape index (κ3) is 2.52. The molecule has 1 aliphatic heterocycles. The van der Waals surface area contributed by atoms with Gasteiger partial charge < -0.3 is 10.6 Å². The number of primary amides is 1. The van der Waals surface area contributed by atoms with Crippen LogP contribution in [0.4, 0.5) is 0 Å². The molecule has 18 heavy (non-hydrogen) atoms. The molecule has 0 saturated carbocycles. The van der Waals surface area contributed by atoms with Crippen LogP contribution in [0, 0.1) is 0 Å². The maximum Gasteiger partial charge on any atom is 0.254 e. The van der Waals surface area contributed by atoms with Crippen LogP contribution in [-0.2, 0) is 4.79 Å². The summed E-state index contributed by atoms with van der Waals surface area (Å²) in [5.41, 5.74) is 5.76. The van der Waals surface area contributed by atoms with Crippen molar-refractivity contribution >= 4 is 39.3 Å². The molecule has 0 aliphatic carbocycles.